The number of rotatable bonds is 4. The number of fused-ring (bicyclic) bond motifs is 2. The molecule has 1 amide bonds. The molecule has 3 aromatic rings. The van der Waals surface area contributed by atoms with E-state index in [1.807, 2.05) is 58.0 Å². The summed E-state index contributed by atoms with van der Waals surface area (Å²) in [6.45, 7) is 3.50. The average molecular weight is 408 g/mol. The van der Waals surface area contributed by atoms with Crippen molar-refractivity contribution in [3.63, 3.8) is 0 Å². The molecule has 0 bridgehead atoms. The highest BCUT2D eigenvalue weighted by Gasteiger charge is 2.32. The van der Waals surface area contributed by atoms with Gasteiger partial charge in [0.1, 0.15) is 19.0 Å². The molecule has 1 fully saturated rings. The lowest BCUT2D eigenvalue weighted by molar-refractivity contribution is -0.143. The third-order valence-electron chi connectivity index (χ3n) is 5.68. The largest absolute Gasteiger partial charge is 0.485 e. The van der Waals surface area contributed by atoms with Crippen LogP contribution in [-0.4, -0.2) is 69.3 Å². The molecule has 0 saturated carbocycles. The Bertz CT molecular complexity index is 1060. The topological polar surface area (TPSA) is 80.1 Å². The van der Waals surface area contributed by atoms with Gasteiger partial charge in [0.15, 0.2) is 11.5 Å². The van der Waals surface area contributed by atoms with E-state index in [0.717, 1.165) is 24.1 Å². The van der Waals surface area contributed by atoms with Gasteiger partial charge >= 0.3 is 0 Å². The van der Waals surface area contributed by atoms with Crippen LogP contribution >= 0.6 is 0 Å². The van der Waals surface area contributed by atoms with Crippen LogP contribution in [0.15, 0.2) is 48.5 Å². The molecule has 8 heteroatoms. The third kappa shape index (κ3) is 3.48. The predicted molar refractivity (Wildman–Crippen MR) is 110 cm³/mol. The molecule has 1 N–H and O–H groups in total. The van der Waals surface area contributed by atoms with Crippen LogP contribution in [0.5, 0.6) is 11.5 Å². The van der Waals surface area contributed by atoms with Crippen LogP contribution in [0.1, 0.15) is 5.82 Å². The Hall–Kier alpha value is -3.10. The summed E-state index contributed by atoms with van der Waals surface area (Å²) >= 11 is 0. The number of carbonyl (C=O) groups is 1. The van der Waals surface area contributed by atoms with Crippen molar-refractivity contribution >= 4 is 16.9 Å². The third-order valence-corrected chi connectivity index (χ3v) is 5.68. The Morgan fingerprint density at radius 2 is 1.77 bits per heavy atom. The molecular formula is C22H24N4O4. The molecule has 1 saturated heterocycles. The maximum Gasteiger partial charge on any atom is 0.267 e. The summed E-state index contributed by atoms with van der Waals surface area (Å²) in [5.74, 6) is 1.91. The number of nitrogens with zero attached hydrogens (tertiary/aromatic N) is 4. The first-order valence-corrected chi connectivity index (χ1v) is 10.2. The first-order chi connectivity index (χ1) is 14.7. The Labute approximate surface area is 174 Å². The Morgan fingerprint density at radius 3 is 2.57 bits per heavy atom. The van der Waals surface area contributed by atoms with Crippen molar-refractivity contribution in [2.24, 2.45) is 0 Å². The Kier molecular flexibility index (Phi) is 5.02. The Balaban J connectivity index is 1.22. The second kappa shape index (κ2) is 7.97. The molecule has 2 aliphatic heterocycles. The molecule has 1 atom stereocenters. The molecule has 30 heavy (non-hydrogen) atoms. The summed E-state index contributed by atoms with van der Waals surface area (Å²) in [5.41, 5.74) is 1.89. The number of aliphatic hydroxyl groups excluding tert-OH is 1. The van der Waals surface area contributed by atoms with Crippen molar-refractivity contribution in [3.8, 4) is 11.5 Å². The van der Waals surface area contributed by atoms with Gasteiger partial charge in [-0.2, -0.15) is 0 Å². The van der Waals surface area contributed by atoms with Gasteiger partial charge in [0, 0.05) is 26.2 Å². The summed E-state index contributed by atoms with van der Waals surface area (Å²) in [6.07, 6.45) is -0.606. The lowest BCUT2D eigenvalue weighted by atomic mass is 10.2. The first-order valence-electron chi connectivity index (χ1n) is 10.2. The van der Waals surface area contributed by atoms with Crippen LogP contribution in [0.3, 0.4) is 0 Å². The maximum absolute atomic E-state index is 12.9. The number of ether oxygens (including phenoxy) is 2. The zero-order chi connectivity index (χ0) is 20.5. The second-order valence-electron chi connectivity index (χ2n) is 7.55. The summed E-state index contributed by atoms with van der Waals surface area (Å²) in [6, 6.07) is 15.3. The van der Waals surface area contributed by atoms with E-state index in [1.165, 1.54) is 0 Å². The number of hydrogen-bond acceptors (Lipinski definition) is 6. The smallest absolute Gasteiger partial charge is 0.267 e. The van der Waals surface area contributed by atoms with Crippen LogP contribution in [-0.2, 0) is 18.1 Å². The maximum atomic E-state index is 12.9. The van der Waals surface area contributed by atoms with Gasteiger partial charge in [-0.3, -0.25) is 9.69 Å². The van der Waals surface area contributed by atoms with Crippen molar-refractivity contribution in [2.75, 3.05) is 32.8 Å². The van der Waals surface area contributed by atoms with E-state index in [9.17, 15) is 9.90 Å². The number of carbonyl (C=O) groups excluding carboxylic acids is 1. The number of aliphatic hydroxyl groups is 1. The molecule has 0 radical (unpaired) electrons. The molecule has 2 aromatic carbocycles. The number of benzene rings is 2. The normalized spacial score (nSPS) is 19.2. The molecular weight excluding hydrogens is 384 g/mol. The number of piperazine rings is 1. The predicted octanol–water partition coefficient (Wildman–Crippen LogP) is 1.47. The highest BCUT2D eigenvalue weighted by molar-refractivity contribution is 5.82. The highest BCUT2D eigenvalue weighted by Crippen LogP contribution is 2.31. The fourth-order valence-electron chi connectivity index (χ4n) is 4.06. The van der Waals surface area contributed by atoms with Gasteiger partial charge in [0.25, 0.3) is 5.91 Å². The van der Waals surface area contributed by atoms with Crippen molar-refractivity contribution in [1.29, 1.82) is 0 Å². The fourth-order valence-corrected chi connectivity index (χ4v) is 4.06. The number of aromatic nitrogens is 2. The van der Waals surface area contributed by atoms with Crippen LogP contribution in [0.2, 0.25) is 0 Å². The molecule has 156 valence electrons. The monoisotopic (exact) mass is 408 g/mol. The van der Waals surface area contributed by atoms with Crippen LogP contribution in [0, 0.1) is 0 Å². The van der Waals surface area contributed by atoms with Gasteiger partial charge in [-0.1, -0.05) is 24.3 Å². The average Bonchev–Trinajstić information content (AvgIpc) is 3.16. The molecule has 1 aromatic heterocycles. The molecule has 3 heterocycles. The van der Waals surface area contributed by atoms with Gasteiger partial charge in [-0.05, 0) is 24.3 Å². The number of imidazole rings is 1. The summed E-state index contributed by atoms with van der Waals surface area (Å²) in [7, 11) is 0. The van der Waals surface area contributed by atoms with Gasteiger partial charge < -0.3 is 24.0 Å². The number of para-hydroxylation sites is 4. The SMILES string of the molecule is O=C(C1COc2ccccc2O1)N1CCN(Cn2c(CO)nc3ccccc32)CC1. The zero-order valence-electron chi connectivity index (χ0n) is 16.6. The molecule has 8 nitrogen and oxygen atoms in total. The van der Waals surface area contributed by atoms with E-state index >= 15 is 0 Å². The fraction of sp³-hybridized carbons (Fsp3) is 0.364. The van der Waals surface area contributed by atoms with Crippen molar-refractivity contribution in [3.05, 3.63) is 54.4 Å². The van der Waals surface area contributed by atoms with E-state index in [4.69, 9.17) is 9.47 Å². The van der Waals surface area contributed by atoms with E-state index in [-0.39, 0.29) is 19.1 Å². The minimum Gasteiger partial charge on any atom is -0.485 e. The van der Waals surface area contributed by atoms with Crippen molar-refractivity contribution in [1.82, 2.24) is 19.4 Å². The summed E-state index contributed by atoms with van der Waals surface area (Å²) in [4.78, 5) is 21.5. The van der Waals surface area contributed by atoms with Gasteiger partial charge in [-0.25, -0.2) is 4.98 Å². The molecule has 0 spiro atoms. The van der Waals surface area contributed by atoms with Crippen molar-refractivity contribution < 1.29 is 19.4 Å². The van der Waals surface area contributed by atoms with Gasteiger partial charge in [0.05, 0.1) is 17.7 Å². The van der Waals surface area contributed by atoms with E-state index in [2.05, 4.69) is 9.88 Å². The van der Waals surface area contributed by atoms with Gasteiger partial charge in [0.2, 0.25) is 6.10 Å². The first kappa shape index (κ1) is 18.9. The minimum absolute atomic E-state index is 0.0340. The lowest BCUT2D eigenvalue weighted by Crippen LogP contribution is -2.54. The van der Waals surface area contributed by atoms with Gasteiger partial charge in [-0.15, -0.1) is 0 Å². The minimum atomic E-state index is -0.606. The molecule has 5 rings (SSSR count). The second-order valence-corrected chi connectivity index (χ2v) is 7.55. The molecule has 2 aliphatic rings. The lowest BCUT2D eigenvalue weighted by Gasteiger charge is -2.37. The standard InChI is InChI=1S/C22H24N4O4/c27-13-21-23-16-5-1-2-6-17(16)26(21)15-24-9-11-25(12-10-24)22(28)20-14-29-18-7-3-4-8-19(18)30-20/h1-8,20,27H,9-15H2. The molecule has 0 aliphatic carbocycles. The zero-order valence-corrected chi connectivity index (χ0v) is 16.6. The number of amides is 1. The van der Waals surface area contributed by atoms with Crippen LogP contribution in [0.25, 0.3) is 11.0 Å². The summed E-state index contributed by atoms with van der Waals surface area (Å²) < 4.78 is 13.6. The summed E-state index contributed by atoms with van der Waals surface area (Å²) in [5, 5.41) is 9.70. The Morgan fingerprint density at radius 1 is 1.03 bits per heavy atom. The van der Waals surface area contributed by atoms with Crippen LogP contribution in [0.4, 0.5) is 0 Å². The van der Waals surface area contributed by atoms with E-state index in [0.29, 0.717) is 37.1 Å². The van der Waals surface area contributed by atoms with Crippen LogP contribution < -0.4 is 9.47 Å². The van der Waals surface area contributed by atoms with Crippen molar-refractivity contribution in [2.45, 2.75) is 19.4 Å². The van der Waals surface area contributed by atoms with E-state index < -0.39 is 6.10 Å². The molecule has 1 unspecified atom stereocenters. The highest BCUT2D eigenvalue weighted by atomic mass is 16.6. The van der Waals surface area contributed by atoms with E-state index in [1.54, 1.807) is 0 Å². The quantitative estimate of drug-likeness (QED) is 0.704. The number of hydrogen-bond donors (Lipinski definition) is 1.